The van der Waals surface area contributed by atoms with Gasteiger partial charge in [0.2, 0.25) is 0 Å². The molecular weight excluding hydrogens is 460 g/mol. The van der Waals surface area contributed by atoms with Crippen LogP contribution in [0, 0.1) is 19.7 Å². The minimum atomic E-state index is -4.81. The fraction of sp³-hybridized carbons (Fsp3) is 0.136. The molecule has 0 radical (unpaired) electrons. The van der Waals surface area contributed by atoms with Crippen molar-refractivity contribution in [3.05, 3.63) is 77.0 Å². The summed E-state index contributed by atoms with van der Waals surface area (Å²) in [5, 5.41) is 7.39. The summed E-state index contributed by atoms with van der Waals surface area (Å²) >= 11 is 5.26. The molecule has 4 rings (SSSR count). The number of rotatable bonds is 4. The van der Waals surface area contributed by atoms with Gasteiger partial charge in [-0.2, -0.15) is 5.10 Å². The van der Waals surface area contributed by atoms with Gasteiger partial charge in [0.1, 0.15) is 17.3 Å². The van der Waals surface area contributed by atoms with Crippen molar-refractivity contribution < 1.29 is 27.1 Å². The van der Waals surface area contributed by atoms with Gasteiger partial charge in [-0.25, -0.2) is 9.07 Å². The average molecular weight is 476 g/mol. The van der Waals surface area contributed by atoms with E-state index in [1.54, 1.807) is 29.8 Å². The summed E-state index contributed by atoms with van der Waals surface area (Å²) in [5.74, 6) is -1.25. The maximum atomic E-state index is 13.3. The summed E-state index contributed by atoms with van der Waals surface area (Å²) in [6.45, 7) is 3.58. The number of nitrogens with zero attached hydrogens (tertiary/aromatic N) is 3. The van der Waals surface area contributed by atoms with E-state index >= 15 is 0 Å². The summed E-state index contributed by atoms with van der Waals surface area (Å²) < 4.78 is 55.8. The number of aromatic nitrogens is 2. The molecule has 1 aliphatic heterocycles. The smallest absolute Gasteiger partial charge is 0.406 e. The van der Waals surface area contributed by atoms with Gasteiger partial charge in [0.05, 0.1) is 17.1 Å². The molecule has 3 aromatic rings. The number of carbonyl (C=O) groups is 1. The van der Waals surface area contributed by atoms with E-state index < -0.39 is 18.0 Å². The summed E-state index contributed by atoms with van der Waals surface area (Å²) in [6, 6.07) is 10.6. The van der Waals surface area contributed by atoms with Crippen molar-refractivity contribution in [3.63, 3.8) is 0 Å². The monoisotopic (exact) mass is 476 g/mol. The fourth-order valence-corrected chi connectivity index (χ4v) is 3.71. The number of amides is 1. The molecule has 0 saturated carbocycles. The van der Waals surface area contributed by atoms with E-state index in [1.807, 2.05) is 6.92 Å². The Morgan fingerprint density at radius 1 is 1.03 bits per heavy atom. The first-order valence-electron chi connectivity index (χ1n) is 9.58. The molecule has 2 heterocycles. The van der Waals surface area contributed by atoms with Crippen LogP contribution in [0.1, 0.15) is 17.0 Å². The quantitative estimate of drug-likeness (QED) is 0.333. The predicted octanol–water partition coefficient (Wildman–Crippen LogP) is 4.79. The third kappa shape index (κ3) is 4.58. The highest BCUT2D eigenvalue weighted by Crippen LogP contribution is 2.29. The lowest BCUT2D eigenvalue weighted by Gasteiger charge is -2.15. The van der Waals surface area contributed by atoms with Gasteiger partial charge < -0.3 is 10.1 Å². The third-order valence-electron chi connectivity index (χ3n) is 4.91. The van der Waals surface area contributed by atoms with Crippen molar-refractivity contribution in [2.45, 2.75) is 20.2 Å². The largest absolute Gasteiger partial charge is 0.573 e. The fourth-order valence-electron chi connectivity index (χ4n) is 3.41. The average Bonchev–Trinajstić information content (AvgIpc) is 3.18. The van der Waals surface area contributed by atoms with E-state index in [1.165, 1.54) is 29.2 Å². The molecule has 1 saturated heterocycles. The second-order valence-electron chi connectivity index (χ2n) is 7.14. The second kappa shape index (κ2) is 8.32. The Labute approximate surface area is 191 Å². The minimum Gasteiger partial charge on any atom is -0.406 e. The number of aryl methyl sites for hydroxylation is 1. The van der Waals surface area contributed by atoms with Crippen molar-refractivity contribution >= 4 is 35.0 Å². The lowest BCUT2D eigenvalue weighted by molar-refractivity contribution is -0.274. The van der Waals surface area contributed by atoms with Crippen LogP contribution >= 0.6 is 12.2 Å². The van der Waals surface area contributed by atoms with E-state index in [4.69, 9.17) is 12.2 Å². The molecular formula is C22H16F4N4O2S. The van der Waals surface area contributed by atoms with Crippen LogP contribution in [0.25, 0.3) is 11.8 Å². The van der Waals surface area contributed by atoms with Crippen LogP contribution in [0.2, 0.25) is 0 Å². The van der Waals surface area contributed by atoms with Crippen molar-refractivity contribution in [2.75, 3.05) is 4.90 Å². The minimum absolute atomic E-state index is 0.0805. The molecule has 1 aliphatic rings. The zero-order valence-electron chi connectivity index (χ0n) is 17.3. The summed E-state index contributed by atoms with van der Waals surface area (Å²) in [6.07, 6.45) is -3.21. The molecule has 1 amide bonds. The van der Waals surface area contributed by atoms with Crippen LogP contribution in [-0.4, -0.2) is 27.2 Å². The molecule has 1 N–H and O–H groups in total. The van der Waals surface area contributed by atoms with Gasteiger partial charge in [-0.3, -0.25) is 9.69 Å². The number of benzene rings is 2. The first-order chi connectivity index (χ1) is 15.5. The summed E-state index contributed by atoms with van der Waals surface area (Å²) in [5.41, 5.74) is 3.15. The Hall–Kier alpha value is -3.73. The van der Waals surface area contributed by atoms with Crippen LogP contribution in [0.15, 0.2) is 54.2 Å². The van der Waals surface area contributed by atoms with Gasteiger partial charge in [-0.05, 0) is 80.7 Å². The molecule has 6 nitrogen and oxygen atoms in total. The van der Waals surface area contributed by atoms with Crippen molar-refractivity contribution in [3.8, 4) is 11.4 Å². The zero-order chi connectivity index (χ0) is 23.9. The predicted molar refractivity (Wildman–Crippen MR) is 117 cm³/mol. The summed E-state index contributed by atoms with van der Waals surface area (Å²) in [7, 11) is 0. The Kier molecular flexibility index (Phi) is 5.66. The highest BCUT2D eigenvalue weighted by atomic mass is 32.1. The second-order valence-corrected chi connectivity index (χ2v) is 7.53. The van der Waals surface area contributed by atoms with Crippen LogP contribution in [-0.2, 0) is 4.79 Å². The number of halogens is 4. The van der Waals surface area contributed by atoms with E-state index in [2.05, 4.69) is 15.2 Å². The Morgan fingerprint density at radius 3 is 2.24 bits per heavy atom. The molecule has 0 bridgehead atoms. The lowest BCUT2D eigenvalue weighted by atomic mass is 10.1. The Bertz CT molecular complexity index is 1270. The van der Waals surface area contributed by atoms with Crippen molar-refractivity contribution in [2.24, 2.45) is 0 Å². The van der Waals surface area contributed by atoms with Gasteiger partial charge in [0, 0.05) is 11.3 Å². The molecule has 1 aromatic heterocycles. The van der Waals surface area contributed by atoms with Crippen molar-refractivity contribution in [1.29, 1.82) is 0 Å². The van der Waals surface area contributed by atoms with Crippen molar-refractivity contribution in [1.82, 2.24) is 15.1 Å². The normalized spacial score (nSPS) is 15.3. The van der Waals surface area contributed by atoms with Gasteiger partial charge in [-0.1, -0.05) is 0 Å². The van der Waals surface area contributed by atoms with Gasteiger partial charge >= 0.3 is 6.36 Å². The number of anilines is 1. The SMILES string of the molecule is Cc1nn(-c2ccc(F)cc2)c(C)c1/C=C1\NC(=S)N(c2ccc(OC(F)(F)F)cc2)C1=O. The Balaban J connectivity index is 1.61. The lowest BCUT2D eigenvalue weighted by Crippen LogP contribution is -2.30. The van der Waals surface area contributed by atoms with Crippen LogP contribution < -0.4 is 15.0 Å². The van der Waals surface area contributed by atoms with Gasteiger partial charge in [0.25, 0.3) is 5.91 Å². The van der Waals surface area contributed by atoms with Crippen LogP contribution in [0.5, 0.6) is 5.75 Å². The summed E-state index contributed by atoms with van der Waals surface area (Å²) in [4.78, 5) is 14.2. The number of hydrogen-bond donors (Lipinski definition) is 1. The molecule has 11 heteroatoms. The van der Waals surface area contributed by atoms with Gasteiger partial charge in [0.15, 0.2) is 5.11 Å². The van der Waals surface area contributed by atoms with E-state index in [0.717, 1.165) is 17.8 Å². The standard InChI is InChI=1S/C22H16F4N4O2S/c1-12-18(13(2)30(28-12)16-5-3-14(23)4-6-16)11-19-20(31)29(21(33)27-19)15-7-9-17(10-8-15)32-22(24,25)26/h3-11H,1-2H3,(H,27,33)/b19-11-. The molecule has 33 heavy (non-hydrogen) atoms. The molecule has 2 aromatic carbocycles. The molecule has 1 fully saturated rings. The number of ether oxygens (including phenoxy) is 1. The van der Waals surface area contributed by atoms with E-state index in [-0.39, 0.29) is 22.3 Å². The van der Waals surface area contributed by atoms with E-state index in [0.29, 0.717) is 16.9 Å². The maximum absolute atomic E-state index is 13.3. The number of carbonyl (C=O) groups excluding carboxylic acids is 1. The van der Waals surface area contributed by atoms with Gasteiger partial charge in [-0.15, -0.1) is 13.2 Å². The molecule has 0 aliphatic carbocycles. The maximum Gasteiger partial charge on any atom is 0.573 e. The van der Waals surface area contributed by atoms with Crippen LogP contribution in [0.3, 0.4) is 0 Å². The number of nitrogens with one attached hydrogen (secondary N) is 1. The number of thiocarbonyl (C=S) groups is 1. The molecule has 0 unspecified atom stereocenters. The van der Waals surface area contributed by atoms with E-state index in [9.17, 15) is 22.4 Å². The number of hydrogen-bond acceptors (Lipinski definition) is 4. The zero-order valence-corrected chi connectivity index (χ0v) is 18.1. The first-order valence-corrected chi connectivity index (χ1v) is 9.99. The third-order valence-corrected chi connectivity index (χ3v) is 5.20. The molecule has 0 spiro atoms. The molecule has 0 atom stereocenters. The topological polar surface area (TPSA) is 59.4 Å². The number of alkyl halides is 3. The highest BCUT2D eigenvalue weighted by Gasteiger charge is 2.34. The highest BCUT2D eigenvalue weighted by molar-refractivity contribution is 7.80. The first kappa shape index (κ1) is 22.5. The van der Waals surface area contributed by atoms with Crippen LogP contribution in [0.4, 0.5) is 23.2 Å². The molecule has 170 valence electrons. The Morgan fingerprint density at radius 2 is 1.64 bits per heavy atom.